The molecule has 88 valence electrons. The molecule has 0 aromatic carbocycles. The van der Waals surface area contributed by atoms with Crippen LogP contribution >= 0.6 is 0 Å². The molecule has 2 aliphatic rings. The van der Waals surface area contributed by atoms with Crippen molar-refractivity contribution in [3.05, 3.63) is 0 Å². The second-order valence-corrected chi connectivity index (χ2v) is 7.31. The van der Waals surface area contributed by atoms with Crippen molar-refractivity contribution in [3.8, 4) is 0 Å². The fraction of sp³-hybridized carbons (Fsp3) is 1.00. The number of rotatable bonds is 3. The van der Waals surface area contributed by atoms with E-state index < -0.39 is 14.6 Å². The Balaban J connectivity index is 2.17. The van der Waals surface area contributed by atoms with Gasteiger partial charge in [-0.3, -0.25) is 0 Å². The third kappa shape index (κ3) is 1.70. The van der Waals surface area contributed by atoms with E-state index in [4.69, 9.17) is 10.5 Å². The Morgan fingerprint density at radius 2 is 1.80 bits per heavy atom. The fourth-order valence-corrected chi connectivity index (χ4v) is 4.85. The molecule has 0 unspecified atom stereocenters. The smallest absolute Gasteiger partial charge is 0.164 e. The lowest BCUT2D eigenvalue weighted by atomic mass is 10.0. The normalized spacial score (nSPS) is 27.3. The van der Waals surface area contributed by atoms with Gasteiger partial charge in [-0.25, -0.2) is 8.42 Å². The molecule has 0 atom stereocenters. The molecule has 2 rings (SSSR count). The molecule has 4 nitrogen and oxygen atoms in total. The summed E-state index contributed by atoms with van der Waals surface area (Å²) in [5.41, 5.74) is 5.60. The highest BCUT2D eigenvalue weighted by molar-refractivity contribution is 7.93. The van der Waals surface area contributed by atoms with Crippen LogP contribution in [0.3, 0.4) is 0 Å². The lowest BCUT2D eigenvalue weighted by Crippen LogP contribution is -2.63. The van der Waals surface area contributed by atoms with Gasteiger partial charge in [0, 0.05) is 6.54 Å². The van der Waals surface area contributed by atoms with Crippen molar-refractivity contribution in [2.75, 3.05) is 19.8 Å². The molecule has 0 spiro atoms. The molecule has 1 saturated carbocycles. The summed E-state index contributed by atoms with van der Waals surface area (Å²) < 4.78 is 29.0. The zero-order valence-electron chi connectivity index (χ0n) is 8.94. The molecule has 0 radical (unpaired) electrons. The molecule has 0 bridgehead atoms. The van der Waals surface area contributed by atoms with E-state index in [0.717, 1.165) is 32.1 Å². The van der Waals surface area contributed by atoms with Gasteiger partial charge < -0.3 is 10.5 Å². The SMILES string of the molecule is NCC1(S(=O)(=O)C2CCCCC2)COC1. The maximum absolute atomic E-state index is 12.4. The Morgan fingerprint density at radius 3 is 2.20 bits per heavy atom. The summed E-state index contributed by atoms with van der Waals surface area (Å²) in [6, 6.07) is 0. The van der Waals surface area contributed by atoms with E-state index in [9.17, 15) is 8.42 Å². The topological polar surface area (TPSA) is 69.4 Å². The van der Waals surface area contributed by atoms with Crippen molar-refractivity contribution >= 4 is 9.84 Å². The van der Waals surface area contributed by atoms with Crippen LogP contribution < -0.4 is 5.73 Å². The van der Waals surface area contributed by atoms with Gasteiger partial charge in [0.1, 0.15) is 4.75 Å². The molecule has 1 heterocycles. The minimum Gasteiger partial charge on any atom is -0.378 e. The van der Waals surface area contributed by atoms with Crippen LogP contribution in [0, 0.1) is 0 Å². The molecule has 1 aliphatic heterocycles. The Morgan fingerprint density at radius 1 is 1.20 bits per heavy atom. The van der Waals surface area contributed by atoms with Gasteiger partial charge in [-0.2, -0.15) is 0 Å². The van der Waals surface area contributed by atoms with Crippen molar-refractivity contribution in [2.24, 2.45) is 5.73 Å². The van der Waals surface area contributed by atoms with Gasteiger partial charge in [0.25, 0.3) is 0 Å². The highest BCUT2D eigenvalue weighted by atomic mass is 32.2. The maximum atomic E-state index is 12.4. The zero-order valence-corrected chi connectivity index (χ0v) is 9.76. The van der Waals surface area contributed by atoms with Crippen LogP contribution in [0.1, 0.15) is 32.1 Å². The minimum absolute atomic E-state index is 0.168. The quantitative estimate of drug-likeness (QED) is 0.769. The summed E-state index contributed by atoms with van der Waals surface area (Å²) >= 11 is 0. The molecular weight excluding hydrogens is 214 g/mol. The van der Waals surface area contributed by atoms with Crippen LogP contribution in [0.4, 0.5) is 0 Å². The van der Waals surface area contributed by atoms with Gasteiger partial charge in [0.2, 0.25) is 0 Å². The first-order chi connectivity index (χ1) is 7.12. The average molecular weight is 233 g/mol. The Hall–Kier alpha value is -0.130. The standard InChI is InChI=1S/C10H19NO3S/c11-6-10(7-14-8-10)15(12,13)9-4-2-1-3-5-9/h9H,1-8,11H2. The van der Waals surface area contributed by atoms with Crippen molar-refractivity contribution in [2.45, 2.75) is 42.1 Å². The number of sulfone groups is 1. The van der Waals surface area contributed by atoms with E-state index >= 15 is 0 Å². The monoisotopic (exact) mass is 233 g/mol. The highest BCUT2D eigenvalue weighted by Crippen LogP contribution is 2.35. The zero-order chi connectivity index (χ0) is 10.9. The lowest BCUT2D eigenvalue weighted by molar-refractivity contribution is -0.00986. The van der Waals surface area contributed by atoms with Crippen LogP contribution in [0.15, 0.2) is 0 Å². The van der Waals surface area contributed by atoms with Crippen LogP contribution in [-0.4, -0.2) is 38.2 Å². The predicted octanol–water partition coefficient (Wildman–Crippen LogP) is 0.462. The summed E-state index contributed by atoms with van der Waals surface area (Å²) in [6.07, 6.45) is 4.85. The third-order valence-electron chi connectivity index (χ3n) is 3.70. The van der Waals surface area contributed by atoms with Crippen LogP contribution in [0.2, 0.25) is 0 Å². The molecule has 0 amide bonds. The maximum Gasteiger partial charge on any atom is 0.164 e. The molecule has 2 N–H and O–H groups in total. The number of nitrogens with two attached hydrogens (primary N) is 1. The van der Waals surface area contributed by atoms with Gasteiger partial charge in [-0.1, -0.05) is 19.3 Å². The number of hydrogen-bond donors (Lipinski definition) is 1. The molecule has 15 heavy (non-hydrogen) atoms. The van der Waals surface area contributed by atoms with Gasteiger partial charge >= 0.3 is 0 Å². The van der Waals surface area contributed by atoms with Crippen LogP contribution in [-0.2, 0) is 14.6 Å². The van der Waals surface area contributed by atoms with Crippen molar-refractivity contribution in [1.29, 1.82) is 0 Å². The molecule has 1 saturated heterocycles. The fourth-order valence-electron chi connectivity index (χ4n) is 2.46. The van der Waals surface area contributed by atoms with E-state index in [2.05, 4.69) is 0 Å². The average Bonchev–Trinajstić information content (AvgIpc) is 2.18. The van der Waals surface area contributed by atoms with Crippen molar-refractivity contribution in [3.63, 3.8) is 0 Å². The van der Waals surface area contributed by atoms with Crippen LogP contribution in [0.25, 0.3) is 0 Å². The van der Waals surface area contributed by atoms with Gasteiger partial charge in [-0.15, -0.1) is 0 Å². The predicted molar refractivity (Wildman–Crippen MR) is 58.4 cm³/mol. The Bertz CT molecular complexity index is 310. The second kappa shape index (κ2) is 4.03. The first-order valence-corrected chi connectivity index (χ1v) is 7.18. The first kappa shape index (κ1) is 11.4. The summed E-state index contributed by atoms with van der Waals surface area (Å²) in [7, 11) is -3.09. The van der Waals surface area contributed by atoms with E-state index in [1.807, 2.05) is 0 Å². The van der Waals surface area contributed by atoms with E-state index in [1.54, 1.807) is 0 Å². The summed E-state index contributed by atoms with van der Waals surface area (Å²) in [5, 5.41) is -0.168. The molecule has 0 aromatic rings. The van der Waals surface area contributed by atoms with E-state index in [-0.39, 0.29) is 11.8 Å². The molecule has 0 aromatic heterocycles. The Labute approximate surface area is 91.1 Å². The molecule has 2 fully saturated rings. The molecule has 5 heteroatoms. The van der Waals surface area contributed by atoms with Crippen molar-refractivity contribution in [1.82, 2.24) is 0 Å². The lowest BCUT2D eigenvalue weighted by Gasteiger charge is -2.42. The van der Waals surface area contributed by atoms with Gasteiger partial charge in [0.05, 0.1) is 18.5 Å². The van der Waals surface area contributed by atoms with Crippen molar-refractivity contribution < 1.29 is 13.2 Å². The molecular formula is C10H19NO3S. The van der Waals surface area contributed by atoms with Gasteiger partial charge in [0.15, 0.2) is 9.84 Å². The van der Waals surface area contributed by atoms with Gasteiger partial charge in [-0.05, 0) is 12.8 Å². The molecule has 1 aliphatic carbocycles. The first-order valence-electron chi connectivity index (χ1n) is 5.64. The largest absolute Gasteiger partial charge is 0.378 e. The summed E-state index contributed by atoms with van der Waals surface area (Å²) in [5.74, 6) is 0. The summed E-state index contributed by atoms with van der Waals surface area (Å²) in [6.45, 7) is 0.788. The Kier molecular flexibility index (Phi) is 3.05. The highest BCUT2D eigenvalue weighted by Gasteiger charge is 2.52. The van der Waals surface area contributed by atoms with Crippen LogP contribution in [0.5, 0.6) is 0 Å². The summed E-state index contributed by atoms with van der Waals surface area (Å²) in [4.78, 5) is 0. The third-order valence-corrected chi connectivity index (χ3v) is 6.66. The van der Waals surface area contributed by atoms with E-state index in [0.29, 0.717) is 13.2 Å². The number of hydrogen-bond acceptors (Lipinski definition) is 4. The number of ether oxygens (including phenoxy) is 1. The minimum atomic E-state index is -3.09. The van der Waals surface area contributed by atoms with E-state index in [1.165, 1.54) is 0 Å². The second-order valence-electron chi connectivity index (χ2n) is 4.68.